The Balaban J connectivity index is 1.93. The minimum Gasteiger partial charge on any atom is -0.301 e. The number of thioether (sulfide) groups is 1. The summed E-state index contributed by atoms with van der Waals surface area (Å²) in [7, 11) is 0. The van der Waals surface area contributed by atoms with Gasteiger partial charge in [-0.15, -0.1) is 11.8 Å². The van der Waals surface area contributed by atoms with Crippen LogP contribution in [-0.2, 0) is 4.79 Å². The lowest BCUT2D eigenvalue weighted by molar-refractivity contribution is -0.116. The van der Waals surface area contributed by atoms with Crippen molar-refractivity contribution in [1.82, 2.24) is 14.5 Å². The maximum atomic E-state index is 11.6. The molecule has 2 aromatic heterocycles. The maximum Gasteiger partial charge on any atom is 0.149 e. The SMILES string of the molecule is CC(=O)C[C@@H](C)Sc1ncnc2c1c(-c1ccccc1)cn2-c1cccc(Cl)c1. The van der Waals surface area contributed by atoms with Gasteiger partial charge in [0.2, 0.25) is 0 Å². The quantitative estimate of drug-likeness (QED) is 0.274. The third-order valence-electron chi connectivity index (χ3n) is 4.61. The van der Waals surface area contributed by atoms with E-state index in [-0.39, 0.29) is 11.0 Å². The van der Waals surface area contributed by atoms with Crippen molar-refractivity contribution < 1.29 is 4.79 Å². The number of fused-ring (bicyclic) bond motifs is 1. The molecule has 29 heavy (non-hydrogen) atoms. The molecule has 0 saturated carbocycles. The molecular weight excluding hydrogens is 402 g/mol. The summed E-state index contributed by atoms with van der Waals surface area (Å²) in [4.78, 5) is 20.7. The van der Waals surface area contributed by atoms with Gasteiger partial charge in [-0.05, 0) is 30.7 Å². The molecule has 0 N–H and O–H groups in total. The predicted molar refractivity (Wildman–Crippen MR) is 120 cm³/mol. The fourth-order valence-corrected chi connectivity index (χ4v) is 4.73. The average molecular weight is 422 g/mol. The smallest absolute Gasteiger partial charge is 0.149 e. The predicted octanol–water partition coefficient (Wildman–Crippen LogP) is 6.20. The highest BCUT2D eigenvalue weighted by molar-refractivity contribution is 8.00. The Morgan fingerprint density at radius 1 is 1.14 bits per heavy atom. The molecular formula is C23H20ClN3OS. The topological polar surface area (TPSA) is 47.8 Å². The first-order chi connectivity index (χ1) is 14.0. The van der Waals surface area contributed by atoms with Crippen LogP contribution in [-0.4, -0.2) is 25.6 Å². The number of halogens is 1. The average Bonchev–Trinajstić information content (AvgIpc) is 3.09. The number of aromatic nitrogens is 3. The Labute approximate surface area is 178 Å². The number of Topliss-reactive ketones (excluding diaryl/α,β-unsaturated/α-hetero) is 1. The summed E-state index contributed by atoms with van der Waals surface area (Å²) >= 11 is 7.85. The summed E-state index contributed by atoms with van der Waals surface area (Å²) in [6, 6.07) is 17.9. The van der Waals surface area contributed by atoms with E-state index in [1.807, 2.05) is 47.0 Å². The van der Waals surface area contributed by atoms with Crippen molar-refractivity contribution in [3.05, 3.63) is 72.1 Å². The number of carbonyl (C=O) groups is 1. The van der Waals surface area contributed by atoms with Gasteiger partial charge in [0.25, 0.3) is 0 Å². The van der Waals surface area contributed by atoms with Gasteiger partial charge >= 0.3 is 0 Å². The fourth-order valence-electron chi connectivity index (χ4n) is 3.42. The van der Waals surface area contributed by atoms with Gasteiger partial charge in [0.05, 0.1) is 5.39 Å². The molecule has 0 unspecified atom stereocenters. The summed E-state index contributed by atoms with van der Waals surface area (Å²) in [6.07, 6.45) is 4.17. The first-order valence-electron chi connectivity index (χ1n) is 9.36. The summed E-state index contributed by atoms with van der Waals surface area (Å²) < 4.78 is 2.05. The van der Waals surface area contributed by atoms with Crippen molar-refractivity contribution in [2.24, 2.45) is 0 Å². The molecule has 6 heteroatoms. The van der Waals surface area contributed by atoms with E-state index in [1.54, 1.807) is 25.0 Å². The minimum atomic E-state index is 0.128. The molecule has 0 spiro atoms. The molecule has 0 bridgehead atoms. The largest absolute Gasteiger partial charge is 0.301 e. The Bertz CT molecular complexity index is 1170. The van der Waals surface area contributed by atoms with E-state index in [4.69, 9.17) is 11.6 Å². The van der Waals surface area contributed by atoms with Crippen LogP contribution in [0, 0.1) is 0 Å². The Hall–Kier alpha value is -2.63. The molecule has 0 fully saturated rings. The van der Waals surface area contributed by atoms with Crippen LogP contribution in [0.5, 0.6) is 0 Å². The van der Waals surface area contributed by atoms with E-state index >= 15 is 0 Å². The second kappa shape index (κ2) is 8.39. The van der Waals surface area contributed by atoms with Gasteiger partial charge in [-0.3, -0.25) is 4.79 Å². The van der Waals surface area contributed by atoms with E-state index in [9.17, 15) is 4.79 Å². The van der Waals surface area contributed by atoms with Gasteiger partial charge < -0.3 is 4.57 Å². The zero-order chi connectivity index (χ0) is 20.4. The molecule has 1 atom stereocenters. The van der Waals surface area contributed by atoms with E-state index in [2.05, 4.69) is 35.2 Å². The van der Waals surface area contributed by atoms with Gasteiger partial charge in [0.1, 0.15) is 22.8 Å². The standard InChI is InChI=1S/C23H20ClN3OS/c1-15(28)11-16(2)29-23-21-20(17-7-4-3-5-8-17)13-27(22(21)25-14-26-23)19-10-6-9-18(24)12-19/h3-10,12-14,16H,11H2,1-2H3/t16-/m1/s1. The minimum absolute atomic E-state index is 0.128. The highest BCUT2D eigenvalue weighted by Gasteiger charge is 2.19. The normalized spacial score (nSPS) is 12.2. The van der Waals surface area contributed by atoms with Crippen molar-refractivity contribution in [2.75, 3.05) is 0 Å². The Morgan fingerprint density at radius 3 is 2.66 bits per heavy atom. The Kier molecular flexibility index (Phi) is 5.69. The maximum absolute atomic E-state index is 11.6. The molecule has 4 rings (SSSR count). The van der Waals surface area contributed by atoms with Crippen molar-refractivity contribution in [1.29, 1.82) is 0 Å². The van der Waals surface area contributed by atoms with Crippen LogP contribution in [0.25, 0.3) is 27.8 Å². The second-order valence-electron chi connectivity index (χ2n) is 6.97. The van der Waals surface area contributed by atoms with Gasteiger partial charge in [-0.2, -0.15) is 0 Å². The van der Waals surface area contributed by atoms with Gasteiger partial charge in [-0.1, -0.05) is 54.9 Å². The molecule has 0 aliphatic carbocycles. The number of rotatable bonds is 6. The van der Waals surface area contributed by atoms with Gasteiger partial charge in [0, 0.05) is 34.1 Å². The zero-order valence-electron chi connectivity index (χ0n) is 16.2. The van der Waals surface area contributed by atoms with Crippen molar-refractivity contribution in [3.8, 4) is 16.8 Å². The lowest BCUT2D eigenvalue weighted by atomic mass is 10.1. The van der Waals surface area contributed by atoms with E-state index < -0.39 is 0 Å². The highest BCUT2D eigenvalue weighted by atomic mass is 35.5. The third-order valence-corrected chi connectivity index (χ3v) is 5.94. The van der Waals surface area contributed by atoms with Crippen LogP contribution >= 0.6 is 23.4 Å². The summed E-state index contributed by atoms with van der Waals surface area (Å²) in [6.45, 7) is 3.67. The number of benzene rings is 2. The van der Waals surface area contributed by atoms with E-state index in [1.165, 1.54) is 0 Å². The fraction of sp³-hybridized carbons (Fsp3) is 0.174. The second-order valence-corrected chi connectivity index (χ2v) is 8.83. The first kappa shape index (κ1) is 19.7. The number of hydrogen-bond acceptors (Lipinski definition) is 4. The van der Waals surface area contributed by atoms with E-state index in [0.717, 1.165) is 32.9 Å². The monoisotopic (exact) mass is 421 g/mol. The molecule has 4 nitrogen and oxygen atoms in total. The summed E-state index contributed by atoms with van der Waals surface area (Å²) in [5, 5.41) is 2.66. The van der Waals surface area contributed by atoms with Crippen LogP contribution in [0.1, 0.15) is 20.3 Å². The molecule has 0 aliphatic rings. The highest BCUT2D eigenvalue weighted by Crippen LogP contribution is 2.38. The van der Waals surface area contributed by atoms with Gasteiger partial charge in [-0.25, -0.2) is 9.97 Å². The lowest BCUT2D eigenvalue weighted by Crippen LogP contribution is -2.04. The molecule has 4 aromatic rings. The van der Waals surface area contributed by atoms with Crippen molar-refractivity contribution >= 4 is 40.2 Å². The molecule has 0 amide bonds. The molecule has 2 heterocycles. The number of ketones is 1. The number of carbonyl (C=O) groups excluding carboxylic acids is 1. The van der Waals surface area contributed by atoms with Crippen LogP contribution in [0.4, 0.5) is 0 Å². The lowest BCUT2D eigenvalue weighted by Gasteiger charge is -2.10. The Morgan fingerprint density at radius 2 is 1.93 bits per heavy atom. The van der Waals surface area contributed by atoms with Crippen LogP contribution in [0.2, 0.25) is 5.02 Å². The van der Waals surface area contributed by atoms with Crippen LogP contribution in [0.15, 0.2) is 72.1 Å². The van der Waals surface area contributed by atoms with Crippen LogP contribution < -0.4 is 0 Å². The number of hydrogen-bond donors (Lipinski definition) is 0. The number of nitrogens with zero attached hydrogens (tertiary/aromatic N) is 3. The van der Waals surface area contributed by atoms with E-state index in [0.29, 0.717) is 11.4 Å². The van der Waals surface area contributed by atoms with Gasteiger partial charge in [0.15, 0.2) is 0 Å². The molecule has 146 valence electrons. The summed E-state index contributed by atoms with van der Waals surface area (Å²) in [5.74, 6) is 0.176. The third kappa shape index (κ3) is 4.21. The molecule has 0 saturated heterocycles. The summed E-state index contributed by atoms with van der Waals surface area (Å²) in [5.41, 5.74) is 3.91. The molecule has 0 aliphatic heterocycles. The van der Waals surface area contributed by atoms with Crippen molar-refractivity contribution in [2.45, 2.75) is 30.5 Å². The van der Waals surface area contributed by atoms with Crippen molar-refractivity contribution in [3.63, 3.8) is 0 Å². The zero-order valence-corrected chi connectivity index (χ0v) is 17.7. The molecule has 0 radical (unpaired) electrons. The van der Waals surface area contributed by atoms with Crippen LogP contribution in [0.3, 0.4) is 0 Å². The first-order valence-corrected chi connectivity index (χ1v) is 10.6. The molecule has 2 aromatic carbocycles.